The van der Waals surface area contributed by atoms with Gasteiger partial charge in [-0.3, -0.25) is 0 Å². The molecule has 5 heteroatoms. The minimum Gasteiger partial charge on any atom is -0.456 e. The fourth-order valence-corrected chi connectivity index (χ4v) is 9.02. The first-order valence-corrected chi connectivity index (χ1v) is 20.9. The monoisotopic (exact) mass is 792 g/mol. The number of aromatic nitrogens is 4. The van der Waals surface area contributed by atoms with Crippen LogP contribution in [-0.4, -0.2) is 19.5 Å². The Kier molecular flexibility index (Phi) is 8.42. The zero-order valence-corrected chi connectivity index (χ0v) is 33.5. The zero-order chi connectivity index (χ0) is 41.0. The van der Waals surface area contributed by atoms with Crippen molar-refractivity contribution in [1.82, 2.24) is 19.5 Å². The maximum Gasteiger partial charge on any atom is 0.164 e. The molecule has 0 bridgehead atoms. The van der Waals surface area contributed by atoms with Gasteiger partial charge in [0, 0.05) is 43.8 Å². The molecule has 3 aromatic heterocycles. The minimum absolute atomic E-state index is 0.613. The topological polar surface area (TPSA) is 56.7 Å². The second-order valence-corrected chi connectivity index (χ2v) is 15.5. The molecule has 0 aliphatic carbocycles. The molecule has 0 aliphatic rings. The molecule has 0 spiro atoms. The smallest absolute Gasteiger partial charge is 0.164 e. The number of nitrogens with zero attached hydrogens (tertiary/aromatic N) is 4. The van der Waals surface area contributed by atoms with Gasteiger partial charge in [0.2, 0.25) is 0 Å². The van der Waals surface area contributed by atoms with E-state index in [4.69, 9.17) is 19.4 Å². The van der Waals surface area contributed by atoms with Crippen molar-refractivity contribution in [3.63, 3.8) is 0 Å². The molecule has 0 atom stereocenters. The predicted molar refractivity (Wildman–Crippen MR) is 254 cm³/mol. The molecule has 290 valence electrons. The lowest BCUT2D eigenvalue weighted by Gasteiger charge is -2.16. The van der Waals surface area contributed by atoms with Gasteiger partial charge in [0.1, 0.15) is 11.2 Å². The number of hydrogen-bond donors (Lipinski definition) is 0. The van der Waals surface area contributed by atoms with Crippen molar-refractivity contribution in [2.75, 3.05) is 0 Å². The van der Waals surface area contributed by atoms with E-state index in [1.165, 1.54) is 16.3 Å². The third-order valence-electron chi connectivity index (χ3n) is 11.9. The molecule has 12 rings (SSSR count). The Bertz CT molecular complexity index is 3560. The average Bonchev–Trinajstić information content (AvgIpc) is 3.90. The zero-order valence-electron chi connectivity index (χ0n) is 33.5. The fraction of sp³-hybridized carbons (Fsp3) is 0. The molecular formula is C57H36N4O. The molecule has 0 fully saturated rings. The molecule has 0 N–H and O–H groups in total. The lowest BCUT2D eigenvalue weighted by molar-refractivity contribution is 0.669. The summed E-state index contributed by atoms with van der Waals surface area (Å²) >= 11 is 0. The normalized spacial score (nSPS) is 11.5. The van der Waals surface area contributed by atoms with Gasteiger partial charge in [-0.15, -0.1) is 0 Å². The summed E-state index contributed by atoms with van der Waals surface area (Å²) in [6.07, 6.45) is 0. The third kappa shape index (κ3) is 5.98. The molecule has 62 heavy (non-hydrogen) atoms. The highest BCUT2D eigenvalue weighted by molar-refractivity contribution is 6.21. The number of para-hydroxylation sites is 1. The fourth-order valence-electron chi connectivity index (χ4n) is 9.02. The van der Waals surface area contributed by atoms with Gasteiger partial charge in [-0.2, -0.15) is 0 Å². The van der Waals surface area contributed by atoms with Crippen LogP contribution in [0.3, 0.4) is 0 Å². The number of hydrogen-bond acceptors (Lipinski definition) is 4. The number of furan rings is 1. The van der Waals surface area contributed by atoms with Crippen molar-refractivity contribution in [3.8, 4) is 73.2 Å². The van der Waals surface area contributed by atoms with Crippen LogP contribution in [0.5, 0.6) is 0 Å². The standard InChI is InChI=1S/C57H36N4O/c1-5-17-37(18-6-1)41-32-34-51-47(35-41)54-44(27-16-30-52(54)62-51)43-26-15-29-50-53(43)45-25-13-14-28-48(45)61(50)49-33-31-42(36-46(49)38-19-7-2-8-20-38)57-59-55(39-21-9-3-10-22-39)58-56(60-57)40-23-11-4-12-24-40/h1-36H. The average molecular weight is 793 g/mol. The van der Waals surface area contributed by atoms with E-state index in [9.17, 15) is 0 Å². The summed E-state index contributed by atoms with van der Waals surface area (Å²) in [5, 5.41) is 4.57. The highest BCUT2D eigenvalue weighted by Crippen LogP contribution is 2.45. The quantitative estimate of drug-likeness (QED) is 0.161. The Balaban J connectivity index is 1.08. The van der Waals surface area contributed by atoms with E-state index in [0.29, 0.717) is 17.5 Å². The van der Waals surface area contributed by atoms with Crippen LogP contribution in [0.25, 0.3) is 117 Å². The van der Waals surface area contributed by atoms with Crippen LogP contribution in [0.15, 0.2) is 223 Å². The van der Waals surface area contributed by atoms with Gasteiger partial charge in [0.15, 0.2) is 17.5 Å². The highest BCUT2D eigenvalue weighted by Gasteiger charge is 2.22. The van der Waals surface area contributed by atoms with Crippen LogP contribution in [0.1, 0.15) is 0 Å². The minimum atomic E-state index is 0.613. The summed E-state index contributed by atoms with van der Waals surface area (Å²) < 4.78 is 8.95. The van der Waals surface area contributed by atoms with Crippen molar-refractivity contribution in [2.24, 2.45) is 0 Å². The third-order valence-corrected chi connectivity index (χ3v) is 11.9. The van der Waals surface area contributed by atoms with Crippen LogP contribution in [0.4, 0.5) is 0 Å². The van der Waals surface area contributed by atoms with Gasteiger partial charge in [-0.05, 0) is 76.3 Å². The van der Waals surface area contributed by atoms with Gasteiger partial charge in [-0.25, -0.2) is 15.0 Å². The summed E-state index contributed by atoms with van der Waals surface area (Å²) in [6, 6.07) is 76.4. The highest BCUT2D eigenvalue weighted by atomic mass is 16.3. The molecule has 0 aliphatic heterocycles. The lowest BCUT2D eigenvalue weighted by Crippen LogP contribution is -2.02. The molecule has 12 aromatic rings. The number of benzene rings is 9. The Labute approximate surface area is 357 Å². The van der Waals surface area contributed by atoms with Crippen LogP contribution in [0, 0.1) is 0 Å². The van der Waals surface area contributed by atoms with Crippen LogP contribution in [0.2, 0.25) is 0 Å². The number of fused-ring (bicyclic) bond motifs is 6. The Morgan fingerprint density at radius 2 is 0.839 bits per heavy atom. The van der Waals surface area contributed by atoms with Gasteiger partial charge in [-0.1, -0.05) is 170 Å². The van der Waals surface area contributed by atoms with Gasteiger partial charge in [0.25, 0.3) is 0 Å². The van der Waals surface area contributed by atoms with E-state index < -0.39 is 0 Å². The Morgan fingerprint density at radius 1 is 0.306 bits per heavy atom. The molecule has 0 unspecified atom stereocenters. The summed E-state index contributed by atoms with van der Waals surface area (Å²) in [5.41, 5.74) is 14.6. The molecule has 0 saturated carbocycles. The molecule has 9 aromatic carbocycles. The first-order valence-electron chi connectivity index (χ1n) is 20.9. The first kappa shape index (κ1) is 35.5. The van der Waals surface area contributed by atoms with Crippen molar-refractivity contribution in [1.29, 1.82) is 0 Å². The maximum atomic E-state index is 6.54. The van der Waals surface area contributed by atoms with Crippen LogP contribution < -0.4 is 0 Å². The molecule has 0 radical (unpaired) electrons. The second kappa shape index (κ2) is 14.7. The van der Waals surface area contributed by atoms with E-state index in [1.54, 1.807) is 0 Å². The van der Waals surface area contributed by atoms with Crippen LogP contribution >= 0.6 is 0 Å². The second-order valence-electron chi connectivity index (χ2n) is 15.5. The Hall–Kier alpha value is -8.41. The first-order chi connectivity index (χ1) is 30.7. The summed E-state index contributed by atoms with van der Waals surface area (Å²) in [7, 11) is 0. The summed E-state index contributed by atoms with van der Waals surface area (Å²) in [6.45, 7) is 0. The van der Waals surface area contributed by atoms with E-state index in [-0.39, 0.29) is 0 Å². The van der Waals surface area contributed by atoms with E-state index >= 15 is 0 Å². The maximum absolute atomic E-state index is 6.54. The SMILES string of the molecule is c1ccc(-c2ccc3oc4cccc(-c5cccc6c5c5ccccc5n6-c5ccc(-c6nc(-c7ccccc7)nc(-c7ccccc7)n6)cc5-c5ccccc5)c4c3c2)cc1. The van der Waals surface area contributed by atoms with Crippen molar-refractivity contribution in [3.05, 3.63) is 218 Å². The Morgan fingerprint density at radius 3 is 1.52 bits per heavy atom. The molecule has 5 nitrogen and oxygen atoms in total. The lowest BCUT2D eigenvalue weighted by atomic mass is 9.94. The molecular weight excluding hydrogens is 757 g/mol. The predicted octanol–water partition coefficient (Wildman–Crippen LogP) is 14.9. The van der Waals surface area contributed by atoms with Crippen LogP contribution in [-0.2, 0) is 0 Å². The van der Waals surface area contributed by atoms with E-state index in [1.807, 2.05) is 60.7 Å². The van der Waals surface area contributed by atoms with Gasteiger partial charge < -0.3 is 8.98 Å². The molecule has 0 saturated heterocycles. The van der Waals surface area contributed by atoms with Crippen molar-refractivity contribution in [2.45, 2.75) is 0 Å². The van der Waals surface area contributed by atoms with Gasteiger partial charge in [0.05, 0.1) is 16.7 Å². The summed E-state index contributed by atoms with van der Waals surface area (Å²) in [5.74, 6) is 1.87. The largest absolute Gasteiger partial charge is 0.456 e. The number of rotatable bonds is 7. The van der Waals surface area contributed by atoms with Crippen molar-refractivity contribution >= 4 is 43.7 Å². The molecule has 3 heterocycles. The molecule has 0 amide bonds. The summed E-state index contributed by atoms with van der Waals surface area (Å²) in [4.78, 5) is 15.2. The van der Waals surface area contributed by atoms with E-state index in [0.717, 1.165) is 83.2 Å². The van der Waals surface area contributed by atoms with E-state index in [2.05, 4.69) is 162 Å². The van der Waals surface area contributed by atoms with Crippen molar-refractivity contribution < 1.29 is 4.42 Å². The van der Waals surface area contributed by atoms with Gasteiger partial charge >= 0.3 is 0 Å².